The minimum absolute atomic E-state index is 0.164. The largest absolute Gasteiger partial charge is 0.416 e. The van der Waals surface area contributed by atoms with Crippen LogP contribution in [0.4, 0.5) is 18.9 Å². The van der Waals surface area contributed by atoms with E-state index in [1.165, 1.54) is 6.07 Å². The molecule has 0 unspecified atom stereocenters. The number of aromatic nitrogens is 1. The van der Waals surface area contributed by atoms with Gasteiger partial charge in [0.15, 0.2) is 0 Å². The fraction of sp³-hybridized carbons (Fsp3) is 0.190. The van der Waals surface area contributed by atoms with Crippen molar-refractivity contribution < 1.29 is 22.8 Å². The summed E-state index contributed by atoms with van der Waals surface area (Å²) in [4.78, 5) is 42.6. The number of anilines is 1. The summed E-state index contributed by atoms with van der Waals surface area (Å²) in [6.07, 6.45) is -4.64. The number of carbonyl (C=O) groups excluding carboxylic acids is 2. The van der Waals surface area contributed by atoms with Crippen LogP contribution >= 0.6 is 46.3 Å². The summed E-state index contributed by atoms with van der Waals surface area (Å²) in [6, 6.07) is 8.94. The third kappa shape index (κ3) is 3.60. The first-order valence-electron chi connectivity index (χ1n) is 9.46. The Morgan fingerprint density at radius 3 is 2.45 bits per heavy atom. The lowest BCUT2D eigenvalue weighted by molar-refractivity contribution is -0.137. The first-order chi connectivity index (χ1) is 15.6. The molecular weight excluding hydrogens is 520 g/mol. The smallest absolute Gasteiger partial charge is 0.307 e. The van der Waals surface area contributed by atoms with E-state index in [-0.39, 0.29) is 20.6 Å². The molecule has 0 spiro atoms. The van der Waals surface area contributed by atoms with Crippen molar-refractivity contribution in [3.8, 4) is 0 Å². The summed E-state index contributed by atoms with van der Waals surface area (Å²) >= 11 is 14.5. The predicted octanol–water partition coefficient (Wildman–Crippen LogP) is 5.56. The molecule has 0 aliphatic carbocycles. The highest BCUT2D eigenvalue weighted by atomic mass is 35.5. The summed E-state index contributed by atoms with van der Waals surface area (Å²) < 4.78 is 39.7. The maximum atomic E-state index is 13.6. The van der Waals surface area contributed by atoms with Gasteiger partial charge >= 0.3 is 11.0 Å². The Morgan fingerprint density at radius 1 is 1.00 bits per heavy atom. The number of H-pyrrole nitrogens is 1. The minimum atomic E-state index is -4.64. The Hall–Kier alpha value is -2.27. The zero-order valence-corrected chi connectivity index (χ0v) is 19.3. The first-order valence-corrected chi connectivity index (χ1v) is 11.9. The second kappa shape index (κ2) is 7.90. The molecule has 1 saturated heterocycles. The van der Waals surface area contributed by atoms with Crippen LogP contribution in [-0.4, -0.2) is 22.0 Å². The van der Waals surface area contributed by atoms with Crippen molar-refractivity contribution in [3.63, 3.8) is 0 Å². The number of carbonyl (C=O) groups is 2. The number of benzene rings is 2. The van der Waals surface area contributed by atoms with Gasteiger partial charge in [0.05, 0.1) is 32.2 Å². The lowest BCUT2D eigenvalue weighted by Gasteiger charge is -2.30. The molecule has 0 radical (unpaired) electrons. The number of thiazole rings is 1. The molecule has 1 aromatic heterocycles. The highest BCUT2D eigenvalue weighted by Gasteiger charge is 2.56. The fourth-order valence-electron chi connectivity index (χ4n) is 4.19. The van der Waals surface area contributed by atoms with Crippen LogP contribution in [0.25, 0.3) is 0 Å². The van der Waals surface area contributed by atoms with Crippen LogP contribution in [-0.2, 0) is 15.8 Å². The van der Waals surface area contributed by atoms with Crippen molar-refractivity contribution in [2.75, 3.05) is 4.90 Å². The summed E-state index contributed by atoms with van der Waals surface area (Å²) in [5, 5.41) is -0.108. The molecule has 3 atom stereocenters. The SMILES string of the molecule is O=C1[C@H]2[C@H](c3cccc(Cl)c3Cl)c3sc(=O)[nH]c3S[C@H]2C(=O)N1c1cccc(C(F)(F)F)c1. The average molecular weight is 531 g/mol. The maximum absolute atomic E-state index is 13.6. The fourth-order valence-corrected chi connectivity index (χ4v) is 7.12. The zero-order valence-electron chi connectivity index (χ0n) is 16.2. The second-order valence-corrected chi connectivity index (χ2v) is 10.4. The number of halogens is 5. The van der Waals surface area contributed by atoms with E-state index in [9.17, 15) is 27.6 Å². The third-order valence-corrected chi connectivity index (χ3v) is 8.81. The number of amides is 2. The molecule has 3 aromatic rings. The molecule has 2 aliphatic heterocycles. The molecule has 5 nitrogen and oxygen atoms in total. The highest BCUT2D eigenvalue weighted by Crippen LogP contribution is 2.54. The van der Waals surface area contributed by atoms with Gasteiger partial charge in [0.25, 0.3) is 0 Å². The van der Waals surface area contributed by atoms with Gasteiger partial charge in [-0.3, -0.25) is 14.4 Å². The molecule has 2 aromatic carbocycles. The summed E-state index contributed by atoms with van der Waals surface area (Å²) in [5.74, 6) is -3.07. The maximum Gasteiger partial charge on any atom is 0.416 e. The molecular formula is C21H11Cl2F3N2O3S2. The predicted molar refractivity (Wildman–Crippen MR) is 120 cm³/mol. The van der Waals surface area contributed by atoms with Crippen LogP contribution in [0.1, 0.15) is 21.9 Å². The molecule has 0 saturated carbocycles. The van der Waals surface area contributed by atoms with E-state index in [1.807, 2.05) is 0 Å². The molecule has 12 heteroatoms. The van der Waals surface area contributed by atoms with Crippen molar-refractivity contribution in [2.24, 2.45) is 5.92 Å². The molecule has 3 heterocycles. The van der Waals surface area contributed by atoms with E-state index in [1.54, 1.807) is 18.2 Å². The Bertz CT molecular complexity index is 1370. The molecule has 170 valence electrons. The van der Waals surface area contributed by atoms with Crippen LogP contribution in [0.3, 0.4) is 0 Å². The first kappa shape index (κ1) is 22.5. The zero-order chi connectivity index (χ0) is 23.7. The molecule has 2 aliphatic rings. The van der Waals surface area contributed by atoms with E-state index in [0.717, 1.165) is 46.2 Å². The molecule has 0 bridgehead atoms. The van der Waals surface area contributed by atoms with Crippen molar-refractivity contribution in [2.45, 2.75) is 22.4 Å². The quantitative estimate of drug-likeness (QED) is 0.440. The molecule has 2 amide bonds. The average Bonchev–Trinajstić information content (AvgIpc) is 3.24. The van der Waals surface area contributed by atoms with Crippen molar-refractivity contribution >= 4 is 63.8 Å². The number of hydrogen-bond acceptors (Lipinski definition) is 5. The second-order valence-electron chi connectivity index (χ2n) is 7.45. The van der Waals surface area contributed by atoms with Crippen LogP contribution < -0.4 is 9.77 Å². The van der Waals surface area contributed by atoms with Gasteiger partial charge in [-0.1, -0.05) is 64.5 Å². The monoisotopic (exact) mass is 530 g/mol. The van der Waals surface area contributed by atoms with E-state index in [0.29, 0.717) is 15.5 Å². The van der Waals surface area contributed by atoms with Crippen LogP contribution in [0.15, 0.2) is 52.3 Å². The number of nitrogens with zero attached hydrogens (tertiary/aromatic N) is 1. The molecule has 5 rings (SSSR count). The number of alkyl halides is 3. The molecule has 1 fully saturated rings. The summed E-state index contributed by atoms with van der Waals surface area (Å²) in [7, 11) is 0. The standard InChI is InChI=1S/C21H11Cl2F3N2O3S2/c22-11-6-2-5-10(14(11)23)12-13-16(32-17-15(12)33-20(31)27-17)19(30)28(18(13)29)9-4-1-3-8(7-9)21(24,25)26/h1-7,12-13,16H,(H,27,31)/t12-,13-,16+/m0/s1. The van der Waals surface area contributed by atoms with Gasteiger partial charge in [0.1, 0.15) is 5.25 Å². The summed E-state index contributed by atoms with van der Waals surface area (Å²) in [5.41, 5.74) is -0.674. The van der Waals surface area contributed by atoms with Crippen LogP contribution in [0.2, 0.25) is 10.0 Å². The van der Waals surface area contributed by atoms with Gasteiger partial charge in [0, 0.05) is 10.8 Å². The van der Waals surface area contributed by atoms with Gasteiger partial charge in [0.2, 0.25) is 11.8 Å². The summed E-state index contributed by atoms with van der Waals surface area (Å²) in [6.45, 7) is 0. The topological polar surface area (TPSA) is 70.2 Å². The van der Waals surface area contributed by atoms with Crippen molar-refractivity contribution in [3.05, 3.63) is 78.2 Å². The van der Waals surface area contributed by atoms with Gasteiger partial charge in [-0.25, -0.2) is 4.90 Å². The van der Waals surface area contributed by atoms with E-state index in [4.69, 9.17) is 23.2 Å². The van der Waals surface area contributed by atoms with E-state index in [2.05, 4.69) is 4.98 Å². The normalized spacial score (nSPS) is 22.5. The Kier molecular flexibility index (Phi) is 5.39. The number of fused-ring (bicyclic) bond motifs is 2. The van der Waals surface area contributed by atoms with Crippen LogP contribution in [0.5, 0.6) is 0 Å². The Balaban J connectivity index is 1.66. The van der Waals surface area contributed by atoms with E-state index < -0.39 is 40.6 Å². The third-order valence-electron chi connectivity index (χ3n) is 5.57. The van der Waals surface area contributed by atoms with Gasteiger partial charge in [-0.05, 0) is 29.8 Å². The number of nitrogens with one attached hydrogen (secondary N) is 1. The Labute approximate surface area is 202 Å². The number of thioether (sulfide) groups is 1. The van der Waals surface area contributed by atoms with E-state index >= 15 is 0 Å². The number of imide groups is 1. The van der Waals surface area contributed by atoms with Gasteiger partial charge < -0.3 is 4.98 Å². The Morgan fingerprint density at radius 2 is 1.73 bits per heavy atom. The number of rotatable bonds is 2. The molecule has 1 N–H and O–H groups in total. The number of hydrogen-bond donors (Lipinski definition) is 1. The lowest BCUT2D eigenvalue weighted by atomic mass is 9.83. The number of aromatic amines is 1. The van der Waals surface area contributed by atoms with Gasteiger partial charge in [-0.15, -0.1) is 0 Å². The van der Waals surface area contributed by atoms with Crippen molar-refractivity contribution in [1.29, 1.82) is 0 Å². The minimum Gasteiger partial charge on any atom is -0.307 e. The van der Waals surface area contributed by atoms with Crippen molar-refractivity contribution in [1.82, 2.24) is 4.98 Å². The lowest BCUT2D eigenvalue weighted by Crippen LogP contribution is -2.32. The van der Waals surface area contributed by atoms with Gasteiger partial charge in [-0.2, -0.15) is 13.2 Å². The molecule has 33 heavy (non-hydrogen) atoms. The van der Waals surface area contributed by atoms with Crippen LogP contribution in [0, 0.1) is 5.92 Å². The highest BCUT2D eigenvalue weighted by molar-refractivity contribution is 8.00.